The topological polar surface area (TPSA) is 73.8 Å². The van der Waals surface area contributed by atoms with Gasteiger partial charge in [0.25, 0.3) is 5.91 Å². The number of hydrogen-bond donors (Lipinski definition) is 1. The molecule has 1 aliphatic rings. The molecule has 0 spiro atoms. The Balaban J connectivity index is 2.35. The van der Waals surface area contributed by atoms with Crippen molar-refractivity contribution >= 4 is 5.91 Å². The average Bonchev–Trinajstić information content (AvgIpc) is 2.74. The summed E-state index contributed by atoms with van der Waals surface area (Å²) in [5.41, 5.74) is 6.57. The average molecular weight is 236 g/mol. The first-order valence-corrected chi connectivity index (χ1v) is 6.36. The predicted molar refractivity (Wildman–Crippen MR) is 64.8 cm³/mol. The second-order valence-corrected chi connectivity index (χ2v) is 5.08. The smallest absolute Gasteiger partial charge is 0.271 e. The van der Waals surface area contributed by atoms with Gasteiger partial charge in [0.2, 0.25) is 0 Å². The van der Waals surface area contributed by atoms with Gasteiger partial charge in [0, 0.05) is 0 Å². The van der Waals surface area contributed by atoms with Crippen LogP contribution in [0.4, 0.5) is 0 Å². The summed E-state index contributed by atoms with van der Waals surface area (Å²) in [6, 6.07) is 0.391. The van der Waals surface area contributed by atoms with Gasteiger partial charge in [-0.2, -0.15) is 0 Å². The molecule has 0 radical (unpaired) electrons. The monoisotopic (exact) mass is 236 g/mol. The molecule has 2 rings (SSSR count). The van der Waals surface area contributed by atoms with E-state index in [0.29, 0.717) is 11.7 Å². The van der Waals surface area contributed by atoms with Crippen LogP contribution in [0, 0.1) is 0 Å². The Hall–Kier alpha value is -1.39. The quantitative estimate of drug-likeness (QED) is 0.872. The van der Waals surface area contributed by atoms with Crippen LogP contribution in [0.15, 0.2) is 0 Å². The van der Waals surface area contributed by atoms with Gasteiger partial charge in [0.05, 0.1) is 11.7 Å². The van der Waals surface area contributed by atoms with Crippen LogP contribution >= 0.6 is 0 Å². The molecule has 1 aromatic heterocycles. The number of amides is 1. The standard InChI is InChI=1S/C12H20N4O/c1-8(2)11-10(12(13)17)14-15-16(11)9-6-4-3-5-7-9/h8-9H,3-7H2,1-2H3,(H2,13,17). The van der Waals surface area contributed by atoms with Crippen molar-refractivity contribution in [3.05, 3.63) is 11.4 Å². The Morgan fingerprint density at radius 1 is 1.35 bits per heavy atom. The number of carbonyl (C=O) groups excluding carboxylic acids is 1. The van der Waals surface area contributed by atoms with Crippen molar-refractivity contribution in [1.82, 2.24) is 15.0 Å². The summed E-state index contributed by atoms with van der Waals surface area (Å²) >= 11 is 0. The first-order chi connectivity index (χ1) is 8.11. The van der Waals surface area contributed by atoms with Crippen molar-refractivity contribution in [2.75, 3.05) is 0 Å². The molecule has 94 valence electrons. The summed E-state index contributed by atoms with van der Waals surface area (Å²) in [7, 11) is 0. The van der Waals surface area contributed by atoms with Crippen molar-refractivity contribution in [3.8, 4) is 0 Å². The van der Waals surface area contributed by atoms with Gasteiger partial charge >= 0.3 is 0 Å². The Kier molecular flexibility index (Phi) is 3.45. The van der Waals surface area contributed by atoms with E-state index in [1.165, 1.54) is 19.3 Å². The first kappa shape index (κ1) is 12.1. The van der Waals surface area contributed by atoms with Crippen LogP contribution < -0.4 is 5.73 Å². The minimum absolute atomic E-state index is 0.217. The lowest BCUT2D eigenvalue weighted by atomic mass is 9.94. The summed E-state index contributed by atoms with van der Waals surface area (Å²) in [6.45, 7) is 4.09. The van der Waals surface area contributed by atoms with E-state index < -0.39 is 5.91 Å². The van der Waals surface area contributed by atoms with Crippen molar-refractivity contribution in [3.63, 3.8) is 0 Å². The molecule has 0 aromatic carbocycles. The molecule has 1 heterocycles. The van der Waals surface area contributed by atoms with E-state index >= 15 is 0 Å². The lowest BCUT2D eigenvalue weighted by Gasteiger charge is -2.24. The van der Waals surface area contributed by atoms with Crippen molar-refractivity contribution in [2.45, 2.75) is 57.9 Å². The minimum Gasteiger partial charge on any atom is -0.364 e. The maximum absolute atomic E-state index is 11.3. The highest BCUT2D eigenvalue weighted by atomic mass is 16.1. The van der Waals surface area contributed by atoms with Gasteiger partial charge in [-0.3, -0.25) is 4.79 Å². The maximum Gasteiger partial charge on any atom is 0.271 e. The predicted octanol–water partition coefficient (Wildman–Crippen LogP) is 2.01. The fourth-order valence-electron chi connectivity index (χ4n) is 2.61. The fourth-order valence-corrected chi connectivity index (χ4v) is 2.61. The molecule has 2 N–H and O–H groups in total. The molecular weight excluding hydrogens is 216 g/mol. The lowest BCUT2D eigenvalue weighted by Crippen LogP contribution is -2.20. The van der Waals surface area contributed by atoms with Crippen molar-refractivity contribution < 1.29 is 4.79 Å². The van der Waals surface area contributed by atoms with E-state index in [1.807, 2.05) is 18.5 Å². The third-order valence-corrected chi connectivity index (χ3v) is 3.43. The molecule has 0 saturated heterocycles. The number of carbonyl (C=O) groups is 1. The van der Waals surface area contributed by atoms with E-state index in [-0.39, 0.29) is 5.92 Å². The molecule has 0 unspecified atom stereocenters. The second kappa shape index (κ2) is 4.85. The summed E-state index contributed by atoms with van der Waals surface area (Å²) in [5.74, 6) is -0.259. The molecule has 0 atom stereocenters. The first-order valence-electron chi connectivity index (χ1n) is 6.36. The van der Waals surface area contributed by atoms with E-state index in [0.717, 1.165) is 18.5 Å². The van der Waals surface area contributed by atoms with Gasteiger partial charge in [-0.05, 0) is 18.8 Å². The van der Waals surface area contributed by atoms with Gasteiger partial charge in [0.1, 0.15) is 0 Å². The highest BCUT2D eigenvalue weighted by molar-refractivity contribution is 5.91. The van der Waals surface area contributed by atoms with Gasteiger partial charge in [-0.15, -0.1) is 5.10 Å². The van der Waals surface area contributed by atoms with Gasteiger partial charge in [-0.1, -0.05) is 38.3 Å². The number of primary amides is 1. The minimum atomic E-state index is -0.476. The van der Waals surface area contributed by atoms with Gasteiger partial charge in [-0.25, -0.2) is 4.68 Å². The van der Waals surface area contributed by atoms with Crippen LogP contribution in [0.2, 0.25) is 0 Å². The molecule has 1 amide bonds. The van der Waals surface area contributed by atoms with Crippen LogP contribution in [-0.2, 0) is 0 Å². The van der Waals surface area contributed by atoms with E-state index in [4.69, 9.17) is 5.73 Å². The van der Waals surface area contributed by atoms with Crippen LogP contribution in [0.1, 0.15) is 74.1 Å². The molecule has 1 saturated carbocycles. The third-order valence-electron chi connectivity index (χ3n) is 3.43. The zero-order valence-corrected chi connectivity index (χ0v) is 10.5. The largest absolute Gasteiger partial charge is 0.364 e. The molecule has 1 fully saturated rings. The van der Waals surface area contributed by atoms with Gasteiger partial charge in [0.15, 0.2) is 5.69 Å². The fraction of sp³-hybridized carbons (Fsp3) is 0.750. The lowest BCUT2D eigenvalue weighted by molar-refractivity contribution is 0.0994. The molecule has 5 nitrogen and oxygen atoms in total. The van der Waals surface area contributed by atoms with Crippen molar-refractivity contribution in [1.29, 1.82) is 0 Å². The maximum atomic E-state index is 11.3. The van der Waals surface area contributed by atoms with Crippen LogP contribution in [0.25, 0.3) is 0 Å². The zero-order chi connectivity index (χ0) is 12.4. The molecular formula is C12H20N4O. The normalized spacial score (nSPS) is 17.6. The molecule has 1 aromatic rings. The van der Waals surface area contributed by atoms with Crippen LogP contribution in [0.3, 0.4) is 0 Å². The number of nitrogens with two attached hydrogens (primary N) is 1. The second-order valence-electron chi connectivity index (χ2n) is 5.08. The number of aromatic nitrogens is 3. The van der Waals surface area contributed by atoms with Crippen LogP contribution in [-0.4, -0.2) is 20.9 Å². The summed E-state index contributed by atoms with van der Waals surface area (Å²) in [6.07, 6.45) is 6.01. The number of nitrogens with zero attached hydrogens (tertiary/aromatic N) is 3. The Bertz CT molecular complexity index is 405. The summed E-state index contributed by atoms with van der Waals surface area (Å²) < 4.78 is 1.93. The van der Waals surface area contributed by atoms with E-state index in [9.17, 15) is 4.79 Å². The zero-order valence-electron chi connectivity index (χ0n) is 10.5. The molecule has 0 aliphatic heterocycles. The highest BCUT2D eigenvalue weighted by Gasteiger charge is 2.25. The summed E-state index contributed by atoms with van der Waals surface area (Å²) in [4.78, 5) is 11.3. The number of rotatable bonds is 3. The Labute approximate surface area is 101 Å². The molecule has 17 heavy (non-hydrogen) atoms. The van der Waals surface area contributed by atoms with E-state index in [1.54, 1.807) is 0 Å². The number of hydrogen-bond acceptors (Lipinski definition) is 3. The molecule has 1 aliphatic carbocycles. The molecule has 5 heteroatoms. The van der Waals surface area contributed by atoms with Crippen LogP contribution in [0.5, 0.6) is 0 Å². The van der Waals surface area contributed by atoms with Crippen molar-refractivity contribution in [2.24, 2.45) is 5.73 Å². The summed E-state index contributed by atoms with van der Waals surface area (Å²) in [5, 5.41) is 8.10. The third kappa shape index (κ3) is 2.33. The SMILES string of the molecule is CC(C)c1c(C(N)=O)nnn1C1CCCCC1. The molecule has 0 bridgehead atoms. The highest BCUT2D eigenvalue weighted by Crippen LogP contribution is 2.31. The van der Waals surface area contributed by atoms with Gasteiger partial charge < -0.3 is 5.73 Å². The van der Waals surface area contributed by atoms with E-state index in [2.05, 4.69) is 10.3 Å². The Morgan fingerprint density at radius 3 is 2.53 bits per heavy atom. The Morgan fingerprint density at radius 2 is 2.00 bits per heavy atom.